The van der Waals surface area contributed by atoms with Crippen molar-refractivity contribution in [1.82, 2.24) is 4.98 Å². The summed E-state index contributed by atoms with van der Waals surface area (Å²) in [6.07, 6.45) is 1.76. The lowest BCUT2D eigenvalue weighted by Crippen LogP contribution is -2.18. The van der Waals surface area contributed by atoms with Gasteiger partial charge in [-0.1, -0.05) is 0 Å². The van der Waals surface area contributed by atoms with Crippen LogP contribution in [0.2, 0.25) is 0 Å². The lowest BCUT2D eigenvalue weighted by Gasteiger charge is -2.18. The van der Waals surface area contributed by atoms with Crippen LogP contribution in [0.5, 0.6) is 5.75 Å². The molecule has 0 radical (unpaired) electrons. The molecule has 0 bridgehead atoms. The average Bonchev–Trinajstić information content (AvgIpc) is 2.04. The standard InChI is InChI=1S/C8H10N2O/c1-6-4-7-8(5-10-6)11-3-2-9-7/h4-5,9H,2-3H2,1H3. The highest BCUT2D eigenvalue weighted by Crippen LogP contribution is 2.25. The van der Waals surface area contributed by atoms with Gasteiger partial charge in [-0.2, -0.15) is 0 Å². The topological polar surface area (TPSA) is 34.1 Å². The maximum absolute atomic E-state index is 5.35. The monoisotopic (exact) mass is 150 g/mol. The predicted molar refractivity (Wildman–Crippen MR) is 43.0 cm³/mol. The van der Waals surface area contributed by atoms with E-state index in [4.69, 9.17) is 4.74 Å². The van der Waals surface area contributed by atoms with E-state index in [2.05, 4.69) is 10.3 Å². The van der Waals surface area contributed by atoms with Gasteiger partial charge in [-0.25, -0.2) is 0 Å². The highest BCUT2D eigenvalue weighted by Gasteiger charge is 2.08. The lowest BCUT2D eigenvalue weighted by atomic mass is 10.3. The van der Waals surface area contributed by atoms with Crippen LogP contribution in [0, 0.1) is 6.92 Å². The fraction of sp³-hybridized carbons (Fsp3) is 0.375. The molecule has 0 aromatic carbocycles. The highest BCUT2D eigenvalue weighted by molar-refractivity contribution is 5.56. The van der Waals surface area contributed by atoms with Crippen molar-refractivity contribution in [2.45, 2.75) is 6.92 Å². The molecule has 0 amide bonds. The number of hydrogen-bond donors (Lipinski definition) is 1. The number of anilines is 1. The fourth-order valence-electron chi connectivity index (χ4n) is 1.15. The first-order valence-corrected chi connectivity index (χ1v) is 3.69. The second kappa shape index (κ2) is 2.42. The first-order valence-electron chi connectivity index (χ1n) is 3.69. The third-order valence-electron chi connectivity index (χ3n) is 1.68. The van der Waals surface area contributed by atoms with Crippen molar-refractivity contribution >= 4 is 5.69 Å². The molecule has 0 saturated carbocycles. The van der Waals surface area contributed by atoms with Crippen molar-refractivity contribution in [3.8, 4) is 5.75 Å². The van der Waals surface area contributed by atoms with Gasteiger partial charge >= 0.3 is 0 Å². The third-order valence-corrected chi connectivity index (χ3v) is 1.68. The molecule has 0 saturated heterocycles. The van der Waals surface area contributed by atoms with Gasteiger partial charge in [-0.3, -0.25) is 4.98 Å². The van der Waals surface area contributed by atoms with Gasteiger partial charge < -0.3 is 10.1 Å². The molecule has 0 spiro atoms. The Morgan fingerprint density at radius 3 is 3.45 bits per heavy atom. The predicted octanol–water partition coefficient (Wildman–Crippen LogP) is 1.19. The summed E-state index contributed by atoms with van der Waals surface area (Å²) in [5.74, 6) is 0.863. The van der Waals surface area contributed by atoms with Crippen LogP contribution in [0.25, 0.3) is 0 Å². The van der Waals surface area contributed by atoms with E-state index >= 15 is 0 Å². The van der Waals surface area contributed by atoms with Crippen molar-refractivity contribution in [3.63, 3.8) is 0 Å². The van der Waals surface area contributed by atoms with Gasteiger partial charge in [0.1, 0.15) is 6.61 Å². The van der Waals surface area contributed by atoms with E-state index in [9.17, 15) is 0 Å². The summed E-state index contributed by atoms with van der Waals surface area (Å²) < 4.78 is 5.35. The Hall–Kier alpha value is -1.25. The normalized spacial score (nSPS) is 14.6. The van der Waals surface area contributed by atoms with E-state index in [0.29, 0.717) is 0 Å². The average molecular weight is 150 g/mol. The zero-order valence-electron chi connectivity index (χ0n) is 6.42. The van der Waals surface area contributed by atoms with Crippen LogP contribution in [-0.4, -0.2) is 18.1 Å². The number of aryl methyl sites for hydroxylation is 1. The molecular weight excluding hydrogens is 140 g/mol. The van der Waals surface area contributed by atoms with Crippen molar-refractivity contribution in [1.29, 1.82) is 0 Å². The first-order chi connectivity index (χ1) is 5.36. The van der Waals surface area contributed by atoms with Crippen molar-refractivity contribution in [2.75, 3.05) is 18.5 Å². The van der Waals surface area contributed by atoms with Gasteiger partial charge in [0.15, 0.2) is 5.75 Å². The number of hydrogen-bond acceptors (Lipinski definition) is 3. The Kier molecular flexibility index (Phi) is 1.42. The second-order valence-corrected chi connectivity index (χ2v) is 2.60. The van der Waals surface area contributed by atoms with E-state index in [1.807, 2.05) is 13.0 Å². The quantitative estimate of drug-likeness (QED) is 0.603. The van der Waals surface area contributed by atoms with Crippen LogP contribution < -0.4 is 10.1 Å². The third kappa shape index (κ3) is 1.13. The van der Waals surface area contributed by atoms with E-state index in [1.165, 1.54) is 0 Å². The fourth-order valence-corrected chi connectivity index (χ4v) is 1.15. The molecular formula is C8H10N2O. The largest absolute Gasteiger partial charge is 0.488 e. The zero-order valence-corrected chi connectivity index (χ0v) is 6.42. The molecule has 2 heterocycles. The molecule has 1 aliphatic heterocycles. The van der Waals surface area contributed by atoms with Gasteiger partial charge in [0.25, 0.3) is 0 Å². The maximum atomic E-state index is 5.35. The van der Waals surface area contributed by atoms with Gasteiger partial charge in [0, 0.05) is 12.2 Å². The summed E-state index contributed by atoms with van der Waals surface area (Å²) in [4.78, 5) is 4.13. The van der Waals surface area contributed by atoms with Gasteiger partial charge in [-0.15, -0.1) is 0 Å². The van der Waals surface area contributed by atoms with E-state index in [-0.39, 0.29) is 0 Å². The van der Waals surface area contributed by atoms with Crippen molar-refractivity contribution < 1.29 is 4.74 Å². The van der Waals surface area contributed by atoms with E-state index in [1.54, 1.807) is 6.20 Å². The number of aromatic nitrogens is 1. The molecule has 1 aliphatic rings. The van der Waals surface area contributed by atoms with Crippen LogP contribution in [0.15, 0.2) is 12.3 Å². The minimum Gasteiger partial charge on any atom is -0.488 e. The molecule has 0 atom stereocenters. The van der Waals surface area contributed by atoms with Gasteiger partial charge in [0.2, 0.25) is 0 Å². The first kappa shape index (κ1) is 6.46. The van der Waals surface area contributed by atoms with Crippen molar-refractivity contribution in [3.05, 3.63) is 18.0 Å². The smallest absolute Gasteiger partial charge is 0.160 e. The number of pyridine rings is 1. The molecule has 1 aromatic heterocycles. The summed E-state index contributed by atoms with van der Waals surface area (Å²) in [5.41, 5.74) is 2.07. The van der Waals surface area contributed by atoms with Crippen molar-refractivity contribution in [2.24, 2.45) is 0 Å². The lowest BCUT2D eigenvalue weighted by molar-refractivity contribution is 0.322. The molecule has 0 unspecified atom stereocenters. The Balaban J connectivity index is 2.43. The van der Waals surface area contributed by atoms with Crippen LogP contribution in [0.1, 0.15) is 5.69 Å². The summed E-state index contributed by atoms with van der Waals surface area (Å²) in [6, 6.07) is 1.99. The van der Waals surface area contributed by atoms with Gasteiger partial charge in [0.05, 0.1) is 11.9 Å². The second-order valence-electron chi connectivity index (χ2n) is 2.60. The number of nitrogens with one attached hydrogen (secondary N) is 1. The number of ether oxygens (including phenoxy) is 1. The molecule has 0 fully saturated rings. The highest BCUT2D eigenvalue weighted by atomic mass is 16.5. The summed E-state index contributed by atoms with van der Waals surface area (Å²) in [5, 5.41) is 3.24. The van der Waals surface area contributed by atoms with Crippen LogP contribution >= 0.6 is 0 Å². The van der Waals surface area contributed by atoms with Crippen LogP contribution in [0.4, 0.5) is 5.69 Å². The minimum atomic E-state index is 0.734. The Bertz CT molecular complexity index is 273. The number of nitrogens with zero attached hydrogens (tertiary/aromatic N) is 1. The summed E-state index contributed by atoms with van der Waals surface area (Å²) in [7, 11) is 0. The molecule has 11 heavy (non-hydrogen) atoms. The van der Waals surface area contributed by atoms with Crippen LogP contribution in [0.3, 0.4) is 0 Å². The maximum Gasteiger partial charge on any atom is 0.160 e. The Morgan fingerprint density at radius 1 is 1.64 bits per heavy atom. The molecule has 58 valence electrons. The van der Waals surface area contributed by atoms with Gasteiger partial charge in [-0.05, 0) is 13.0 Å². The Labute approximate surface area is 65.4 Å². The molecule has 1 aromatic rings. The summed E-state index contributed by atoms with van der Waals surface area (Å²) >= 11 is 0. The van der Waals surface area contributed by atoms with E-state index < -0.39 is 0 Å². The number of fused-ring (bicyclic) bond motifs is 1. The Morgan fingerprint density at radius 2 is 2.55 bits per heavy atom. The zero-order chi connectivity index (χ0) is 7.68. The molecule has 1 N–H and O–H groups in total. The molecule has 2 rings (SSSR count). The van der Waals surface area contributed by atoms with E-state index in [0.717, 1.165) is 30.3 Å². The summed E-state index contributed by atoms with van der Waals surface area (Å²) in [6.45, 7) is 3.59. The molecule has 0 aliphatic carbocycles. The molecule has 3 nitrogen and oxygen atoms in total. The number of rotatable bonds is 0. The minimum absolute atomic E-state index is 0.734. The molecule has 3 heteroatoms. The van der Waals surface area contributed by atoms with Crippen LogP contribution in [-0.2, 0) is 0 Å². The SMILES string of the molecule is Cc1cc2c(cn1)OCCN2.